The second kappa shape index (κ2) is 7.07. The first-order valence-electron chi connectivity index (χ1n) is 4.20. The Hall–Kier alpha value is -0.0400. The molecule has 0 aromatic rings. The van der Waals surface area contributed by atoms with Crippen molar-refractivity contribution in [2.24, 2.45) is 5.92 Å². The largest absolute Gasteiger partial charge is 0.375 e. The quantitative estimate of drug-likeness (QED) is 0.519. The topological polar surface area (TPSA) is 9.23 Å². The molecule has 0 bridgehead atoms. The average Bonchev–Trinajstić information content (AvgIpc) is 1.87. The maximum absolute atomic E-state index is 5.27. The van der Waals surface area contributed by atoms with Gasteiger partial charge in [-0.15, -0.1) is 0 Å². The van der Waals surface area contributed by atoms with Crippen LogP contribution in [0.3, 0.4) is 0 Å². The summed E-state index contributed by atoms with van der Waals surface area (Å²) in [5.74, 6) is 0.651. The molecule has 1 nitrogen and oxygen atoms in total. The predicted molar refractivity (Wildman–Crippen MR) is 44.6 cm³/mol. The molecule has 1 heteroatoms. The Kier molecular flexibility index (Phi) is 7.04. The minimum absolute atomic E-state index is 0.651. The maximum atomic E-state index is 5.27. The lowest BCUT2D eigenvalue weighted by Crippen LogP contribution is -1.99. The summed E-state index contributed by atoms with van der Waals surface area (Å²) in [6.45, 7) is 9.31. The van der Waals surface area contributed by atoms with Crippen molar-refractivity contribution in [1.82, 2.24) is 0 Å². The molecule has 0 aromatic heterocycles. The maximum Gasteiger partial charge on any atom is 0.0836 e. The SMILES string of the molecule is CCCC[CH]OCC(C)C. The molecule has 0 aliphatic heterocycles. The van der Waals surface area contributed by atoms with E-state index in [1.54, 1.807) is 0 Å². The van der Waals surface area contributed by atoms with Gasteiger partial charge in [-0.1, -0.05) is 33.6 Å². The lowest BCUT2D eigenvalue weighted by atomic mass is 10.2. The fourth-order valence-electron chi connectivity index (χ4n) is 0.631. The van der Waals surface area contributed by atoms with Gasteiger partial charge in [-0.25, -0.2) is 0 Å². The zero-order valence-corrected chi connectivity index (χ0v) is 7.39. The normalized spacial score (nSPS) is 10.8. The van der Waals surface area contributed by atoms with E-state index >= 15 is 0 Å². The molecule has 0 spiro atoms. The van der Waals surface area contributed by atoms with E-state index in [2.05, 4.69) is 20.8 Å². The van der Waals surface area contributed by atoms with Crippen molar-refractivity contribution in [2.45, 2.75) is 40.0 Å². The van der Waals surface area contributed by atoms with Gasteiger partial charge in [-0.2, -0.15) is 0 Å². The monoisotopic (exact) mass is 143 g/mol. The first-order chi connectivity index (χ1) is 4.77. The van der Waals surface area contributed by atoms with Gasteiger partial charge in [0.15, 0.2) is 0 Å². The Morgan fingerprint density at radius 2 is 2.10 bits per heavy atom. The van der Waals surface area contributed by atoms with Crippen LogP contribution in [0.15, 0.2) is 0 Å². The highest BCUT2D eigenvalue weighted by Crippen LogP contribution is 2.00. The van der Waals surface area contributed by atoms with Crippen molar-refractivity contribution in [3.8, 4) is 0 Å². The van der Waals surface area contributed by atoms with Crippen LogP contribution in [-0.2, 0) is 4.74 Å². The highest BCUT2D eigenvalue weighted by molar-refractivity contribution is 4.51. The first-order valence-corrected chi connectivity index (χ1v) is 4.20. The van der Waals surface area contributed by atoms with Crippen LogP contribution in [0.2, 0.25) is 0 Å². The molecule has 0 aromatic carbocycles. The van der Waals surface area contributed by atoms with Crippen LogP contribution in [0, 0.1) is 12.5 Å². The fraction of sp³-hybridized carbons (Fsp3) is 0.889. The summed E-state index contributed by atoms with van der Waals surface area (Å²) in [5, 5.41) is 0. The Labute approximate surface area is 64.8 Å². The molecule has 1 radical (unpaired) electrons. The standard InChI is InChI=1S/C9H19O/c1-4-5-6-7-10-8-9(2)3/h7,9H,4-6,8H2,1-3H3. The third-order valence-electron chi connectivity index (χ3n) is 1.22. The van der Waals surface area contributed by atoms with E-state index in [0.717, 1.165) is 13.0 Å². The van der Waals surface area contributed by atoms with Crippen LogP contribution in [0.25, 0.3) is 0 Å². The summed E-state index contributed by atoms with van der Waals surface area (Å²) in [4.78, 5) is 0. The lowest BCUT2D eigenvalue weighted by molar-refractivity contribution is 0.160. The van der Waals surface area contributed by atoms with Crippen molar-refractivity contribution in [3.05, 3.63) is 6.61 Å². The minimum Gasteiger partial charge on any atom is -0.375 e. The van der Waals surface area contributed by atoms with E-state index in [1.165, 1.54) is 12.8 Å². The molecule has 0 amide bonds. The van der Waals surface area contributed by atoms with E-state index in [1.807, 2.05) is 6.61 Å². The summed E-state index contributed by atoms with van der Waals surface area (Å²) >= 11 is 0. The zero-order chi connectivity index (χ0) is 7.82. The van der Waals surface area contributed by atoms with Gasteiger partial charge >= 0.3 is 0 Å². The van der Waals surface area contributed by atoms with E-state index < -0.39 is 0 Å². The molecular formula is C9H19O. The Morgan fingerprint density at radius 3 is 2.60 bits per heavy atom. The third kappa shape index (κ3) is 7.96. The summed E-state index contributed by atoms with van der Waals surface area (Å²) < 4.78 is 5.27. The first kappa shape index (κ1) is 9.96. The molecular weight excluding hydrogens is 124 g/mol. The number of hydrogen-bond donors (Lipinski definition) is 0. The van der Waals surface area contributed by atoms with Crippen LogP contribution in [0.5, 0.6) is 0 Å². The molecule has 0 fully saturated rings. The van der Waals surface area contributed by atoms with E-state index in [0.29, 0.717) is 5.92 Å². The van der Waals surface area contributed by atoms with E-state index in [9.17, 15) is 0 Å². The summed E-state index contributed by atoms with van der Waals surface area (Å²) in [5.41, 5.74) is 0. The number of hydrogen-bond acceptors (Lipinski definition) is 1. The molecule has 0 N–H and O–H groups in total. The Morgan fingerprint density at radius 1 is 1.40 bits per heavy atom. The molecule has 0 aliphatic carbocycles. The molecule has 0 atom stereocenters. The molecule has 0 saturated heterocycles. The van der Waals surface area contributed by atoms with Gasteiger partial charge in [0.1, 0.15) is 0 Å². The van der Waals surface area contributed by atoms with Crippen LogP contribution in [-0.4, -0.2) is 6.61 Å². The van der Waals surface area contributed by atoms with Crippen LogP contribution in [0.4, 0.5) is 0 Å². The van der Waals surface area contributed by atoms with Gasteiger partial charge in [0, 0.05) is 6.61 Å². The smallest absolute Gasteiger partial charge is 0.0836 e. The zero-order valence-electron chi connectivity index (χ0n) is 7.39. The summed E-state index contributed by atoms with van der Waals surface area (Å²) in [6, 6.07) is 0. The molecule has 0 heterocycles. The summed E-state index contributed by atoms with van der Waals surface area (Å²) in [6.07, 6.45) is 3.60. The molecule has 10 heavy (non-hydrogen) atoms. The van der Waals surface area contributed by atoms with Gasteiger partial charge in [-0.05, 0) is 12.3 Å². The number of rotatable bonds is 6. The Balaban J connectivity index is 2.77. The molecule has 0 saturated carbocycles. The highest BCUT2D eigenvalue weighted by Gasteiger charge is 1.92. The number of unbranched alkanes of at least 4 members (excludes halogenated alkanes) is 2. The second-order valence-electron chi connectivity index (χ2n) is 3.04. The molecule has 0 rings (SSSR count). The highest BCUT2D eigenvalue weighted by atomic mass is 16.5. The predicted octanol–water partition coefficient (Wildman–Crippen LogP) is 3.01. The molecule has 0 aliphatic rings. The van der Waals surface area contributed by atoms with Crippen molar-refractivity contribution in [3.63, 3.8) is 0 Å². The average molecular weight is 143 g/mol. The van der Waals surface area contributed by atoms with Gasteiger partial charge in [-0.3, -0.25) is 0 Å². The van der Waals surface area contributed by atoms with E-state index in [-0.39, 0.29) is 0 Å². The molecule has 0 unspecified atom stereocenters. The van der Waals surface area contributed by atoms with Gasteiger partial charge < -0.3 is 4.74 Å². The van der Waals surface area contributed by atoms with Crippen molar-refractivity contribution < 1.29 is 4.74 Å². The fourth-order valence-corrected chi connectivity index (χ4v) is 0.631. The van der Waals surface area contributed by atoms with Crippen molar-refractivity contribution in [1.29, 1.82) is 0 Å². The minimum atomic E-state index is 0.651. The summed E-state index contributed by atoms with van der Waals surface area (Å²) in [7, 11) is 0. The van der Waals surface area contributed by atoms with Crippen LogP contribution < -0.4 is 0 Å². The van der Waals surface area contributed by atoms with Gasteiger partial charge in [0.25, 0.3) is 0 Å². The third-order valence-corrected chi connectivity index (χ3v) is 1.22. The van der Waals surface area contributed by atoms with Crippen LogP contribution in [0.1, 0.15) is 40.0 Å². The second-order valence-corrected chi connectivity index (χ2v) is 3.04. The lowest BCUT2D eigenvalue weighted by Gasteiger charge is -2.04. The van der Waals surface area contributed by atoms with Gasteiger partial charge in [0.05, 0.1) is 6.61 Å². The van der Waals surface area contributed by atoms with Crippen molar-refractivity contribution in [2.75, 3.05) is 6.61 Å². The van der Waals surface area contributed by atoms with E-state index in [4.69, 9.17) is 4.74 Å². The van der Waals surface area contributed by atoms with Gasteiger partial charge in [0.2, 0.25) is 0 Å². The molecule has 61 valence electrons. The number of ether oxygens (including phenoxy) is 1. The van der Waals surface area contributed by atoms with Crippen molar-refractivity contribution >= 4 is 0 Å². The Bertz CT molecular complexity index is 59.7. The van der Waals surface area contributed by atoms with Crippen LogP contribution >= 0.6 is 0 Å².